The summed E-state index contributed by atoms with van der Waals surface area (Å²) < 4.78 is 5.45. The molecule has 0 saturated heterocycles. The third-order valence-electron chi connectivity index (χ3n) is 4.32. The van der Waals surface area contributed by atoms with Crippen LogP contribution in [-0.4, -0.2) is 39.1 Å². The van der Waals surface area contributed by atoms with Crippen LogP contribution in [0, 0.1) is 6.92 Å². The second-order valence-corrected chi connectivity index (χ2v) is 6.47. The highest BCUT2D eigenvalue weighted by atomic mass is 16.5. The van der Waals surface area contributed by atoms with Crippen LogP contribution >= 0.6 is 0 Å². The number of aliphatic imine (C=N–C) groups is 1. The number of guanidine groups is 1. The minimum absolute atomic E-state index is 0.0724. The van der Waals surface area contributed by atoms with E-state index < -0.39 is 0 Å². The Bertz CT molecular complexity index is 818. The van der Waals surface area contributed by atoms with E-state index in [1.807, 2.05) is 50.2 Å². The van der Waals surface area contributed by atoms with E-state index >= 15 is 0 Å². The van der Waals surface area contributed by atoms with Gasteiger partial charge in [0.2, 0.25) is 0 Å². The molecule has 1 amide bonds. The lowest BCUT2D eigenvalue weighted by Crippen LogP contribution is -2.38. The molecule has 0 aliphatic heterocycles. The normalized spacial score (nSPS) is 11.1. The number of hydrogen-bond donors (Lipinski definition) is 3. The second kappa shape index (κ2) is 11.0. The van der Waals surface area contributed by atoms with Gasteiger partial charge >= 0.3 is 0 Å². The summed E-state index contributed by atoms with van der Waals surface area (Å²) in [6, 6.07) is 13.8. The lowest BCUT2D eigenvalue weighted by molar-refractivity contribution is 0.0963. The molecule has 0 aliphatic carbocycles. The Labute approximate surface area is 167 Å². The number of rotatable bonds is 8. The van der Waals surface area contributed by atoms with Crippen molar-refractivity contribution in [2.45, 2.75) is 26.8 Å². The van der Waals surface area contributed by atoms with E-state index in [2.05, 4.69) is 27.0 Å². The highest BCUT2D eigenvalue weighted by molar-refractivity contribution is 5.94. The molecular formula is C22H30N4O2. The van der Waals surface area contributed by atoms with Gasteiger partial charge in [0.05, 0.1) is 13.7 Å². The van der Waals surface area contributed by atoms with Gasteiger partial charge in [0.25, 0.3) is 5.91 Å². The Morgan fingerprint density at radius 3 is 2.68 bits per heavy atom. The molecule has 3 N–H and O–H groups in total. The molecule has 2 aromatic carbocycles. The van der Waals surface area contributed by atoms with E-state index in [4.69, 9.17) is 4.74 Å². The van der Waals surface area contributed by atoms with E-state index in [1.54, 1.807) is 14.2 Å². The smallest absolute Gasteiger partial charge is 0.251 e. The third kappa shape index (κ3) is 6.30. The number of carbonyl (C=O) groups is 1. The Morgan fingerprint density at radius 1 is 1.14 bits per heavy atom. The highest BCUT2D eigenvalue weighted by Crippen LogP contribution is 2.20. The first kappa shape index (κ1) is 21.3. The van der Waals surface area contributed by atoms with Gasteiger partial charge in [-0.15, -0.1) is 0 Å². The van der Waals surface area contributed by atoms with Crippen molar-refractivity contribution in [2.24, 2.45) is 4.99 Å². The second-order valence-electron chi connectivity index (χ2n) is 6.47. The number of benzene rings is 2. The fourth-order valence-electron chi connectivity index (χ4n) is 2.83. The summed E-state index contributed by atoms with van der Waals surface area (Å²) in [5.74, 6) is 1.54. The molecule has 28 heavy (non-hydrogen) atoms. The predicted octanol–water partition coefficient (Wildman–Crippen LogP) is 2.66. The van der Waals surface area contributed by atoms with Crippen molar-refractivity contribution >= 4 is 11.9 Å². The average Bonchev–Trinajstić information content (AvgIpc) is 2.72. The topological polar surface area (TPSA) is 74.8 Å². The molecule has 6 nitrogen and oxygen atoms in total. The summed E-state index contributed by atoms with van der Waals surface area (Å²) in [5, 5.41) is 9.26. The molecule has 0 unspecified atom stereocenters. The van der Waals surface area contributed by atoms with Crippen molar-refractivity contribution in [3.8, 4) is 5.75 Å². The first-order valence-corrected chi connectivity index (χ1v) is 9.54. The number of carbonyl (C=O) groups excluding carboxylic acids is 1. The number of aryl methyl sites for hydroxylation is 1. The summed E-state index contributed by atoms with van der Waals surface area (Å²) in [5.41, 5.74) is 3.98. The maximum Gasteiger partial charge on any atom is 0.251 e. The summed E-state index contributed by atoms with van der Waals surface area (Å²) in [6.45, 7) is 6.11. The van der Waals surface area contributed by atoms with Crippen LogP contribution in [-0.2, 0) is 13.0 Å². The molecule has 150 valence electrons. The molecular weight excluding hydrogens is 352 g/mol. The highest BCUT2D eigenvalue weighted by Gasteiger charge is 2.05. The monoisotopic (exact) mass is 382 g/mol. The van der Waals surface area contributed by atoms with Gasteiger partial charge in [0.1, 0.15) is 5.75 Å². The molecule has 0 aromatic heterocycles. The number of nitrogens with one attached hydrogen (secondary N) is 3. The van der Waals surface area contributed by atoms with E-state index in [0.29, 0.717) is 18.7 Å². The summed E-state index contributed by atoms with van der Waals surface area (Å²) in [6.07, 6.45) is 0.795. The van der Waals surface area contributed by atoms with Gasteiger partial charge in [-0.3, -0.25) is 4.79 Å². The molecule has 0 aliphatic rings. The van der Waals surface area contributed by atoms with Crippen LogP contribution in [0.5, 0.6) is 5.75 Å². The maximum absolute atomic E-state index is 11.8. The van der Waals surface area contributed by atoms with Gasteiger partial charge in [-0.05, 0) is 49.6 Å². The molecule has 0 spiro atoms. The molecule has 2 rings (SSSR count). The Morgan fingerprint density at radius 2 is 1.96 bits per heavy atom. The van der Waals surface area contributed by atoms with Crippen LogP contribution in [0.2, 0.25) is 0 Å². The SMILES string of the molecule is CCNC(=NCc1ccc(C)cc1OC)NCCc1cccc(C(=O)NC)c1. The zero-order valence-corrected chi connectivity index (χ0v) is 17.1. The van der Waals surface area contributed by atoms with E-state index in [-0.39, 0.29) is 5.91 Å². The largest absolute Gasteiger partial charge is 0.496 e. The molecule has 0 heterocycles. The molecule has 0 atom stereocenters. The average molecular weight is 383 g/mol. The van der Waals surface area contributed by atoms with E-state index in [0.717, 1.165) is 41.4 Å². The first-order valence-electron chi connectivity index (χ1n) is 9.54. The predicted molar refractivity (Wildman–Crippen MR) is 114 cm³/mol. The van der Waals surface area contributed by atoms with Gasteiger partial charge in [0.15, 0.2) is 5.96 Å². The maximum atomic E-state index is 11.8. The van der Waals surface area contributed by atoms with E-state index in [9.17, 15) is 4.79 Å². The number of methoxy groups -OCH3 is 1. The fraction of sp³-hybridized carbons (Fsp3) is 0.364. The Hall–Kier alpha value is -3.02. The van der Waals surface area contributed by atoms with E-state index in [1.165, 1.54) is 0 Å². The summed E-state index contributed by atoms with van der Waals surface area (Å²) in [7, 11) is 3.32. The van der Waals surface area contributed by atoms with Crippen LogP contribution in [0.4, 0.5) is 0 Å². The molecule has 2 aromatic rings. The van der Waals surface area contributed by atoms with Gasteiger partial charge in [-0.2, -0.15) is 0 Å². The number of nitrogens with zero attached hydrogens (tertiary/aromatic N) is 1. The minimum Gasteiger partial charge on any atom is -0.496 e. The fourth-order valence-corrected chi connectivity index (χ4v) is 2.83. The number of ether oxygens (including phenoxy) is 1. The quantitative estimate of drug-likeness (QED) is 0.485. The van der Waals surface area contributed by atoms with Crippen LogP contribution in [0.25, 0.3) is 0 Å². The standard InChI is InChI=1S/C22H30N4O2/c1-5-24-22(26-15-19-10-9-16(2)13-20(19)28-4)25-12-11-17-7-6-8-18(14-17)21(27)23-3/h6-10,13-14H,5,11-12,15H2,1-4H3,(H,23,27)(H2,24,25,26). The van der Waals surface area contributed by atoms with Crippen LogP contribution in [0.3, 0.4) is 0 Å². The van der Waals surface area contributed by atoms with Gasteiger partial charge in [0, 0.05) is 31.3 Å². The van der Waals surface area contributed by atoms with Crippen LogP contribution in [0.15, 0.2) is 47.5 Å². The zero-order valence-electron chi connectivity index (χ0n) is 17.1. The van der Waals surface area contributed by atoms with Crippen molar-refractivity contribution in [3.63, 3.8) is 0 Å². The lowest BCUT2D eigenvalue weighted by Gasteiger charge is -2.13. The van der Waals surface area contributed by atoms with Crippen molar-refractivity contribution < 1.29 is 9.53 Å². The van der Waals surface area contributed by atoms with Crippen molar-refractivity contribution in [1.29, 1.82) is 0 Å². The number of hydrogen-bond acceptors (Lipinski definition) is 3. The Kier molecular flexibility index (Phi) is 8.34. The van der Waals surface area contributed by atoms with Crippen LogP contribution < -0.4 is 20.7 Å². The summed E-state index contributed by atoms with van der Waals surface area (Å²) in [4.78, 5) is 16.4. The first-order chi connectivity index (χ1) is 13.6. The van der Waals surface area contributed by atoms with Gasteiger partial charge < -0.3 is 20.7 Å². The summed E-state index contributed by atoms with van der Waals surface area (Å²) >= 11 is 0. The van der Waals surface area contributed by atoms with Gasteiger partial charge in [-0.25, -0.2) is 4.99 Å². The lowest BCUT2D eigenvalue weighted by atomic mass is 10.1. The Balaban J connectivity index is 1.97. The minimum atomic E-state index is -0.0724. The molecule has 0 fully saturated rings. The van der Waals surface area contributed by atoms with Crippen molar-refractivity contribution in [1.82, 2.24) is 16.0 Å². The molecule has 6 heteroatoms. The number of amides is 1. The molecule has 0 bridgehead atoms. The third-order valence-corrected chi connectivity index (χ3v) is 4.32. The molecule has 0 saturated carbocycles. The van der Waals surface area contributed by atoms with Crippen molar-refractivity contribution in [2.75, 3.05) is 27.2 Å². The van der Waals surface area contributed by atoms with Crippen LogP contribution in [0.1, 0.15) is 34.0 Å². The molecule has 0 radical (unpaired) electrons. The van der Waals surface area contributed by atoms with Crippen molar-refractivity contribution in [3.05, 3.63) is 64.7 Å². The van der Waals surface area contributed by atoms with Gasteiger partial charge in [-0.1, -0.05) is 24.3 Å². The zero-order chi connectivity index (χ0) is 20.4.